The molecule has 1 aromatic rings. The fourth-order valence-electron chi connectivity index (χ4n) is 3.06. The molecule has 2 heterocycles. The third-order valence-corrected chi connectivity index (χ3v) is 5.22. The van der Waals surface area contributed by atoms with Crippen LogP contribution < -0.4 is 0 Å². The molecule has 1 aliphatic carbocycles. The van der Waals surface area contributed by atoms with E-state index in [0.29, 0.717) is 12.1 Å². The van der Waals surface area contributed by atoms with Crippen LogP contribution in [0.4, 0.5) is 0 Å². The predicted molar refractivity (Wildman–Crippen MR) is 87.6 cm³/mol. The monoisotopic (exact) mass is 353 g/mol. The quantitative estimate of drug-likeness (QED) is 0.831. The molecule has 116 valence electrons. The first-order chi connectivity index (χ1) is 10.1. The summed E-state index contributed by atoms with van der Waals surface area (Å²) in [6.07, 6.45) is 5.62. The summed E-state index contributed by atoms with van der Waals surface area (Å²) in [5.41, 5.74) is 0.848. The van der Waals surface area contributed by atoms with Gasteiger partial charge in [-0.1, -0.05) is 6.92 Å². The predicted octanol–water partition coefficient (Wildman–Crippen LogP) is 3.14. The number of piperazine rings is 1. The molecule has 0 radical (unpaired) electrons. The van der Waals surface area contributed by atoms with Crippen molar-refractivity contribution in [1.82, 2.24) is 14.4 Å². The first-order valence-electron chi connectivity index (χ1n) is 8.01. The van der Waals surface area contributed by atoms with Gasteiger partial charge in [-0.15, -0.1) is 0 Å². The fraction of sp³-hybridized carbons (Fsp3) is 0.688. The SMILES string of the molecule is CCC(C)N1CCN(C(=O)c2cc(Br)cn2C2CC2)CC1. The lowest BCUT2D eigenvalue weighted by atomic mass is 10.2. The van der Waals surface area contributed by atoms with Gasteiger partial charge in [0, 0.05) is 48.9 Å². The van der Waals surface area contributed by atoms with Crippen LogP contribution in [0, 0.1) is 0 Å². The molecule has 4 nitrogen and oxygen atoms in total. The Morgan fingerprint density at radius 3 is 2.57 bits per heavy atom. The molecule has 21 heavy (non-hydrogen) atoms. The number of nitrogens with zero attached hydrogens (tertiary/aromatic N) is 3. The molecular weight excluding hydrogens is 330 g/mol. The van der Waals surface area contributed by atoms with Crippen molar-refractivity contribution in [2.75, 3.05) is 26.2 Å². The maximum absolute atomic E-state index is 12.8. The molecule has 1 unspecified atom stereocenters. The van der Waals surface area contributed by atoms with Gasteiger partial charge in [0.15, 0.2) is 0 Å². The van der Waals surface area contributed by atoms with Gasteiger partial charge in [0.05, 0.1) is 0 Å². The summed E-state index contributed by atoms with van der Waals surface area (Å²) in [6, 6.07) is 3.13. The number of carbonyl (C=O) groups excluding carboxylic acids is 1. The van der Waals surface area contributed by atoms with Gasteiger partial charge in [-0.25, -0.2) is 0 Å². The lowest BCUT2D eigenvalue weighted by molar-refractivity contribution is 0.0569. The van der Waals surface area contributed by atoms with Crippen molar-refractivity contribution < 1.29 is 4.79 Å². The zero-order chi connectivity index (χ0) is 15.0. The molecule has 3 rings (SSSR count). The number of aromatic nitrogens is 1. The van der Waals surface area contributed by atoms with E-state index in [1.54, 1.807) is 0 Å². The summed E-state index contributed by atoms with van der Waals surface area (Å²) >= 11 is 3.51. The molecule has 0 spiro atoms. The van der Waals surface area contributed by atoms with Gasteiger partial charge in [-0.05, 0) is 48.2 Å². The highest BCUT2D eigenvalue weighted by molar-refractivity contribution is 9.10. The number of carbonyl (C=O) groups is 1. The minimum Gasteiger partial charge on any atom is -0.339 e. The first kappa shape index (κ1) is 15.1. The van der Waals surface area contributed by atoms with Crippen molar-refractivity contribution in [1.29, 1.82) is 0 Å². The largest absolute Gasteiger partial charge is 0.339 e. The molecule has 5 heteroatoms. The average molecular weight is 354 g/mol. The van der Waals surface area contributed by atoms with Crippen LogP contribution >= 0.6 is 15.9 Å². The average Bonchev–Trinajstić information content (AvgIpc) is 3.28. The molecule has 1 saturated heterocycles. The van der Waals surface area contributed by atoms with E-state index in [1.165, 1.54) is 19.3 Å². The highest BCUT2D eigenvalue weighted by atomic mass is 79.9. The number of halogens is 1. The number of hydrogen-bond donors (Lipinski definition) is 0. The van der Waals surface area contributed by atoms with Crippen molar-refractivity contribution in [3.8, 4) is 0 Å². The second-order valence-corrected chi connectivity index (χ2v) is 7.18. The lowest BCUT2D eigenvalue weighted by Gasteiger charge is -2.37. The zero-order valence-corrected chi connectivity index (χ0v) is 14.5. The Kier molecular flexibility index (Phi) is 4.41. The van der Waals surface area contributed by atoms with Gasteiger partial charge < -0.3 is 9.47 Å². The minimum absolute atomic E-state index is 0.191. The van der Waals surface area contributed by atoms with Crippen LogP contribution in [-0.2, 0) is 0 Å². The molecule has 0 aromatic carbocycles. The van der Waals surface area contributed by atoms with Gasteiger partial charge in [-0.2, -0.15) is 0 Å². The van der Waals surface area contributed by atoms with Gasteiger partial charge >= 0.3 is 0 Å². The molecule has 0 bridgehead atoms. The van der Waals surface area contributed by atoms with Crippen molar-refractivity contribution in [2.45, 2.75) is 45.2 Å². The smallest absolute Gasteiger partial charge is 0.270 e. The van der Waals surface area contributed by atoms with E-state index in [-0.39, 0.29) is 5.91 Å². The molecule has 1 aromatic heterocycles. The van der Waals surface area contributed by atoms with Crippen LogP contribution in [0.25, 0.3) is 0 Å². The maximum Gasteiger partial charge on any atom is 0.270 e. The summed E-state index contributed by atoms with van der Waals surface area (Å²) in [7, 11) is 0. The van der Waals surface area contributed by atoms with Crippen molar-refractivity contribution in [3.05, 3.63) is 22.4 Å². The van der Waals surface area contributed by atoms with E-state index in [1.807, 2.05) is 11.0 Å². The highest BCUT2D eigenvalue weighted by Crippen LogP contribution is 2.37. The van der Waals surface area contributed by atoms with Crippen LogP contribution in [0.15, 0.2) is 16.7 Å². The van der Waals surface area contributed by atoms with E-state index in [4.69, 9.17) is 0 Å². The Hall–Kier alpha value is -0.810. The van der Waals surface area contributed by atoms with Crippen LogP contribution in [0.3, 0.4) is 0 Å². The third-order valence-electron chi connectivity index (χ3n) is 4.79. The van der Waals surface area contributed by atoms with E-state index >= 15 is 0 Å². The second kappa shape index (κ2) is 6.13. The summed E-state index contributed by atoms with van der Waals surface area (Å²) in [5, 5.41) is 0. The molecule has 2 fully saturated rings. The Labute approximate surface area is 135 Å². The minimum atomic E-state index is 0.191. The lowest BCUT2D eigenvalue weighted by Crippen LogP contribution is -2.51. The summed E-state index contributed by atoms with van der Waals surface area (Å²) in [6.45, 7) is 8.17. The topological polar surface area (TPSA) is 28.5 Å². The van der Waals surface area contributed by atoms with Crippen LogP contribution in [0.2, 0.25) is 0 Å². The van der Waals surface area contributed by atoms with Crippen molar-refractivity contribution in [2.24, 2.45) is 0 Å². The summed E-state index contributed by atoms with van der Waals surface area (Å²) in [5.74, 6) is 0.191. The van der Waals surface area contributed by atoms with E-state index in [9.17, 15) is 4.79 Å². The molecule has 1 atom stereocenters. The molecule has 0 N–H and O–H groups in total. The van der Waals surface area contributed by atoms with Gasteiger partial charge in [0.1, 0.15) is 5.69 Å². The van der Waals surface area contributed by atoms with Crippen molar-refractivity contribution >= 4 is 21.8 Å². The molecular formula is C16H24BrN3O. The van der Waals surface area contributed by atoms with Gasteiger partial charge in [-0.3, -0.25) is 9.69 Å². The molecule has 2 aliphatic rings. The number of rotatable bonds is 4. The number of hydrogen-bond acceptors (Lipinski definition) is 2. The normalized spacial score (nSPS) is 21.6. The highest BCUT2D eigenvalue weighted by Gasteiger charge is 2.31. The third kappa shape index (κ3) is 3.19. The Morgan fingerprint density at radius 1 is 1.33 bits per heavy atom. The summed E-state index contributed by atoms with van der Waals surface area (Å²) < 4.78 is 3.17. The van der Waals surface area contributed by atoms with Crippen molar-refractivity contribution in [3.63, 3.8) is 0 Å². The Balaban J connectivity index is 1.67. The Morgan fingerprint density at radius 2 is 2.00 bits per heavy atom. The van der Waals surface area contributed by atoms with Crippen LogP contribution in [0.5, 0.6) is 0 Å². The molecule has 1 saturated carbocycles. The zero-order valence-electron chi connectivity index (χ0n) is 12.9. The maximum atomic E-state index is 12.8. The second-order valence-electron chi connectivity index (χ2n) is 6.27. The van der Waals surface area contributed by atoms with E-state index in [0.717, 1.165) is 36.3 Å². The molecule has 1 amide bonds. The van der Waals surface area contributed by atoms with Crippen LogP contribution in [0.1, 0.15) is 49.6 Å². The van der Waals surface area contributed by atoms with E-state index in [2.05, 4.69) is 45.4 Å². The van der Waals surface area contributed by atoms with Crippen LogP contribution in [-0.4, -0.2) is 52.5 Å². The molecule has 1 aliphatic heterocycles. The summed E-state index contributed by atoms with van der Waals surface area (Å²) in [4.78, 5) is 17.3. The van der Waals surface area contributed by atoms with E-state index < -0.39 is 0 Å². The van der Waals surface area contributed by atoms with Gasteiger partial charge in [0.2, 0.25) is 0 Å². The fourth-order valence-corrected chi connectivity index (χ4v) is 3.50. The number of amides is 1. The first-order valence-corrected chi connectivity index (χ1v) is 8.80. The Bertz CT molecular complexity index is 516. The standard InChI is InChI=1S/C16H24BrN3O/c1-3-12(2)18-6-8-19(9-7-18)16(21)15-10-13(17)11-20(15)14-4-5-14/h10-12,14H,3-9H2,1-2H3. The van der Waals surface area contributed by atoms with Gasteiger partial charge in [0.25, 0.3) is 5.91 Å².